The number of nitrogens with zero attached hydrogens (tertiary/aromatic N) is 3. The Labute approximate surface area is 197 Å². The molecule has 3 aromatic rings. The van der Waals surface area contributed by atoms with Gasteiger partial charge in [0.25, 0.3) is 0 Å². The van der Waals surface area contributed by atoms with Crippen molar-refractivity contribution >= 4 is 28.3 Å². The van der Waals surface area contributed by atoms with Gasteiger partial charge in [-0.3, -0.25) is 9.61 Å². The lowest BCUT2D eigenvalue weighted by molar-refractivity contribution is 0.443. The third kappa shape index (κ3) is 7.06. The van der Waals surface area contributed by atoms with Crippen LogP contribution in [-0.4, -0.2) is 22.3 Å². The Kier molecular flexibility index (Phi) is 9.90. The Morgan fingerprint density at radius 3 is 2.27 bits per heavy atom. The van der Waals surface area contributed by atoms with Crippen LogP contribution >= 0.6 is 0 Å². The van der Waals surface area contributed by atoms with Crippen molar-refractivity contribution in [3.8, 4) is 5.75 Å². The van der Waals surface area contributed by atoms with E-state index in [0.29, 0.717) is 16.3 Å². The normalized spacial score (nSPS) is 12.2. The second kappa shape index (κ2) is 12.6. The Morgan fingerprint density at radius 1 is 0.939 bits per heavy atom. The zero-order chi connectivity index (χ0) is 24.4. The summed E-state index contributed by atoms with van der Waals surface area (Å²) >= 11 is -1.66. The molecule has 0 aliphatic heterocycles. The topological polar surface area (TPSA) is 95.6 Å². The van der Waals surface area contributed by atoms with Gasteiger partial charge < -0.3 is 5.11 Å². The van der Waals surface area contributed by atoms with Crippen molar-refractivity contribution in [2.45, 2.75) is 39.5 Å². The van der Waals surface area contributed by atoms with Crippen LogP contribution in [0.25, 0.3) is 0 Å². The first-order chi connectivity index (χ1) is 15.9. The standard InChI is InChI=1S/C23H24N4O3S.C2H6/c1-15-10-11-19(12-16(15)2)24-26-23(18-8-6-5-7-9-18)27-25-20-13-17(3)22(14-21(20)28)31(29)30-4;1-2/h5-14,24,28H,1-4H3;1-2H3/b26-23+,27-25?;. The SMILES string of the molecule is CC.COS(=O)c1cc(O)c(N=N/C(=N/Nc2ccc(C)c(C)c2)c2ccccc2)cc1C. The predicted octanol–water partition coefficient (Wildman–Crippen LogP) is 6.57. The summed E-state index contributed by atoms with van der Waals surface area (Å²) in [4.78, 5) is 0.382. The number of phenols is 1. The van der Waals surface area contributed by atoms with E-state index >= 15 is 0 Å². The molecule has 0 saturated heterocycles. The maximum atomic E-state index is 11.9. The molecule has 7 nitrogen and oxygen atoms in total. The quantitative estimate of drug-likeness (QED) is 0.186. The highest BCUT2D eigenvalue weighted by Crippen LogP contribution is 2.32. The van der Waals surface area contributed by atoms with Gasteiger partial charge in [-0.15, -0.1) is 10.2 Å². The molecule has 0 bridgehead atoms. The molecule has 0 fully saturated rings. The number of anilines is 1. The molecule has 0 heterocycles. The monoisotopic (exact) mass is 466 g/mol. The minimum Gasteiger partial charge on any atom is -0.506 e. The average molecular weight is 467 g/mol. The van der Waals surface area contributed by atoms with Crippen molar-refractivity contribution < 1.29 is 13.5 Å². The molecule has 1 atom stereocenters. The number of phenolic OH excluding ortho intramolecular Hbond substituents is 1. The van der Waals surface area contributed by atoms with Gasteiger partial charge in [-0.1, -0.05) is 50.2 Å². The van der Waals surface area contributed by atoms with Crippen LogP contribution in [0.15, 0.2) is 80.9 Å². The zero-order valence-corrected chi connectivity index (χ0v) is 20.6. The number of aromatic hydroxyl groups is 1. The molecule has 1 unspecified atom stereocenters. The summed E-state index contributed by atoms with van der Waals surface area (Å²) in [6.07, 6.45) is 0. The summed E-state index contributed by atoms with van der Waals surface area (Å²) in [5, 5.41) is 23.2. The summed E-state index contributed by atoms with van der Waals surface area (Å²) in [7, 11) is 1.34. The van der Waals surface area contributed by atoms with E-state index in [-0.39, 0.29) is 11.4 Å². The number of hydrogen-bond donors (Lipinski definition) is 2. The second-order valence-corrected chi connectivity index (χ2v) is 8.16. The van der Waals surface area contributed by atoms with Crippen molar-refractivity contribution in [1.29, 1.82) is 0 Å². The maximum Gasteiger partial charge on any atom is 0.201 e. The molecule has 0 aromatic heterocycles. The third-order valence-electron chi connectivity index (χ3n) is 4.69. The lowest BCUT2D eigenvalue weighted by atomic mass is 10.1. The van der Waals surface area contributed by atoms with E-state index in [1.54, 1.807) is 13.0 Å². The Morgan fingerprint density at radius 2 is 1.64 bits per heavy atom. The molecule has 0 amide bonds. The molecule has 33 heavy (non-hydrogen) atoms. The van der Waals surface area contributed by atoms with Gasteiger partial charge in [0.1, 0.15) is 11.4 Å². The first-order valence-electron chi connectivity index (χ1n) is 10.6. The molecule has 0 radical (unpaired) electrons. The number of amidine groups is 1. The van der Waals surface area contributed by atoms with Crippen LogP contribution in [0.2, 0.25) is 0 Å². The first kappa shape index (κ1) is 25.9. The highest BCUT2D eigenvalue weighted by Gasteiger charge is 2.12. The van der Waals surface area contributed by atoms with Gasteiger partial charge in [-0.05, 0) is 55.7 Å². The number of hydrogen-bond acceptors (Lipinski definition) is 6. The van der Waals surface area contributed by atoms with Crippen LogP contribution in [0, 0.1) is 20.8 Å². The molecule has 3 aromatic carbocycles. The van der Waals surface area contributed by atoms with Crippen molar-refractivity contribution in [2.24, 2.45) is 15.3 Å². The summed E-state index contributed by atoms with van der Waals surface area (Å²) in [5.41, 5.74) is 7.86. The molecule has 174 valence electrons. The zero-order valence-electron chi connectivity index (χ0n) is 19.8. The number of hydrazone groups is 1. The fourth-order valence-electron chi connectivity index (χ4n) is 2.77. The fraction of sp³-hybridized carbons (Fsp3) is 0.240. The van der Waals surface area contributed by atoms with Crippen LogP contribution in [0.1, 0.15) is 36.1 Å². The molecule has 0 saturated carbocycles. The molecule has 0 aliphatic carbocycles. The first-order valence-corrected chi connectivity index (χ1v) is 11.6. The average Bonchev–Trinajstić information content (AvgIpc) is 2.84. The van der Waals surface area contributed by atoms with Crippen LogP contribution in [-0.2, 0) is 15.3 Å². The van der Waals surface area contributed by atoms with E-state index in [2.05, 4.69) is 20.8 Å². The van der Waals surface area contributed by atoms with E-state index in [4.69, 9.17) is 4.18 Å². The van der Waals surface area contributed by atoms with Gasteiger partial charge in [-0.25, -0.2) is 4.21 Å². The molecule has 3 rings (SSSR count). The second-order valence-electron chi connectivity index (χ2n) is 6.92. The molecule has 8 heteroatoms. The minimum atomic E-state index is -1.66. The van der Waals surface area contributed by atoms with Crippen LogP contribution < -0.4 is 5.43 Å². The largest absolute Gasteiger partial charge is 0.506 e. The lowest BCUT2D eigenvalue weighted by Gasteiger charge is -2.07. The summed E-state index contributed by atoms with van der Waals surface area (Å²) in [6, 6.07) is 18.3. The van der Waals surface area contributed by atoms with Crippen LogP contribution in [0.5, 0.6) is 5.75 Å². The number of rotatable bonds is 6. The van der Waals surface area contributed by atoms with Crippen LogP contribution in [0.3, 0.4) is 0 Å². The van der Waals surface area contributed by atoms with Gasteiger partial charge in [-0.2, -0.15) is 5.10 Å². The van der Waals surface area contributed by atoms with E-state index in [9.17, 15) is 9.32 Å². The number of benzene rings is 3. The maximum absolute atomic E-state index is 11.9. The Bertz CT molecular complexity index is 1160. The van der Waals surface area contributed by atoms with Gasteiger partial charge in [0.2, 0.25) is 5.84 Å². The number of azo groups is 1. The molecular weight excluding hydrogens is 436 g/mol. The Hall–Kier alpha value is -3.36. The lowest BCUT2D eigenvalue weighted by Crippen LogP contribution is -2.01. The number of nitrogens with one attached hydrogen (secondary N) is 1. The van der Waals surface area contributed by atoms with Crippen molar-refractivity contribution in [1.82, 2.24) is 0 Å². The van der Waals surface area contributed by atoms with E-state index in [1.807, 2.05) is 76.2 Å². The molecule has 0 aliphatic rings. The minimum absolute atomic E-state index is 0.149. The summed E-state index contributed by atoms with van der Waals surface area (Å²) < 4.78 is 16.7. The van der Waals surface area contributed by atoms with Crippen LogP contribution in [0.4, 0.5) is 11.4 Å². The summed E-state index contributed by atoms with van der Waals surface area (Å²) in [5.74, 6) is 0.199. The summed E-state index contributed by atoms with van der Waals surface area (Å²) in [6.45, 7) is 9.85. The Balaban J connectivity index is 0.00000187. The molecule has 0 spiro atoms. The number of aryl methyl sites for hydroxylation is 3. The van der Waals surface area contributed by atoms with Gasteiger partial charge in [0.05, 0.1) is 17.7 Å². The van der Waals surface area contributed by atoms with Crippen molar-refractivity contribution in [3.05, 3.63) is 82.9 Å². The van der Waals surface area contributed by atoms with Gasteiger partial charge in [0.15, 0.2) is 11.1 Å². The highest BCUT2D eigenvalue weighted by molar-refractivity contribution is 7.80. The van der Waals surface area contributed by atoms with Crippen molar-refractivity contribution in [3.63, 3.8) is 0 Å². The van der Waals surface area contributed by atoms with E-state index < -0.39 is 11.1 Å². The fourth-order valence-corrected chi connectivity index (χ4v) is 3.48. The highest BCUT2D eigenvalue weighted by atomic mass is 32.2. The molecular formula is C25H30N4O3S. The van der Waals surface area contributed by atoms with Gasteiger partial charge >= 0.3 is 0 Å². The third-order valence-corrected chi connectivity index (χ3v) is 5.79. The van der Waals surface area contributed by atoms with Gasteiger partial charge in [0, 0.05) is 11.6 Å². The molecule has 2 N–H and O–H groups in total. The smallest absolute Gasteiger partial charge is 0.201 e. The predicted molar refractivity (Wildman–Crippen MR) is 135 cm³/mol. The van der Waals surface area contributed by atoms with E-state index in [1.165, 1.54) is 18.7 Å². The van der Waals surface area contributed by atoms with E-state index in [0.717, 1.165) is 16.8 Å². The van der Waals surface area contributed by atoms with Crippen molar-refractivity contribution in [2.75, 3.05) is 12.5 Å².